The number of carbonyl (C=O) groups excluding carboxylic acids is 1. The van der Waals surface area contributed by atoms with Crippen molar-refractivity contribution >= 4 is 29.7 Å². The van der Waals surface area contributed by atoms with Gasteiger partial charge in [-0.25, -0.2) is 14.1 Å². The molecule has 6 nitrogen and oxygen atoms in total. The Bertz CT molecular complexity index is 1030. The molecule has 1 saturated heterocycles. The van der Waals surface area contributed by atoms with Gasteiger partial charge in [-0.1, -0.05) is 0 Å². The highest BCUT2D eigenvalue weighted by molar-refractivity contribution is 7.10. The molecule has 2 aromatic heterocycles. The quantitative estimate of drug-likeness (QED) is 0.625. The molecular weight excluding hydrogens is 434 g/mol. The molecule has 3 aliphatic rings. The fourth-order valence-electron chi connectivity index (χ4n) is 4.54. The number of aryl methyl sites for hydroxylation is 1. The summed E-state index contributed by atoms with van der Waals surface area (Å²) in [6.07, 6.45) is 7.91. The third-order valence-corrected chi connectivity index (χ3v) is 7.32. The van der Waals surface area contributed by atoms with E-state index in [1.54, 1.807) is 17.0 Å². The second-order valence-corrected chi connectivity index (χ2v) is 9.28. The summed E-state index contributed by atoms with van der Waals surface area (Å²) in [5.74, 6) is 0.0842. The molecule has 0 bridgehead atoms. The van der Waals surface area contributed by atoms with Gasteiger partial charge in [0, 0.05) is 48.9 Å². The average Bonchev–Trinajstić information content (AvgIpc) is 3.33. The first kappa shape index (κ1) is 22.9. The van der Waals surface area contributed by atoms with Crippen molar-refractivity contribution < 1.29 is 18.3 Å². The highest BCUT2D eigenvalue weighted by Gasteiger charge is 2.42. The van der Waals surface area contributed by atoms with Gasteiger partial charge in [0.1, 0.15) is 17.7 Å². The van der Waals surface area contributed by atoms with E-state index < -0.39 is 0 Å². The lowest BCUT2D eigenvalue weighted by Gasteiger charge is -2.43. The van der Waals surface area contributed by atoms with Crippen molar-refractivity contribution in [2.24, 2.45) is 4.99 Å². The van der Waals surface area contributed by atoms with Crippen molar-refractivity contribution in [1.29, 1.82) is 0 Å². The summed E-state index contributed by atoms with van der Waals surface area (Å²) < 4.78 is 35.7. The first-order valence-corrected chi connectivity index (χ1v) is 11.8. The fraction of sp³-hybridized carbons (Fsp3) is 0.522. The number of allylic oxidation sites excluding steroid dienone is 1. The van der Waals surface area contributed by atoms with Crippen molar-refractivity contribution in [2.45, 2.75) is 58.1 Å². The number of hydrogen-bond acceptors (Lipinski definition) is 6. The molecule has 172 valence electrons. The molecule has 5 rings (SSSR count). The molecule has 0 unspecified atom stereocenters. The number of aromatic nitrogens is 2. The number of fused-ring (bicyclic) bond motifs is 2. The molecule has 0 amide bonds. The molecule has 0 radical (unpaired) electrons. The van der Waals surface area contributed by atoms with Crippen molar-refractivity contribution in [3.05, 3.63) is 44.9 Å². The highest BCUT2D eigenvalue weighted by Crippen LogP contribution is 2.45. The first-order valence-electron chi connectivity index (χ1n) is 11.0. The third kappa shape index (κ3) is 4.60. The van der Waals surface area contributed by atoms with Crippen LogP contribution in [0.25, 0.3) is 5.82 Å². The zero-order chi connectivity index (χ0) is 22.7. The van der Waals surface area contributed by atoms with Gasteiger partial charge < -0.3 is 9.53 Å². The molecule has 0 aromatic carbocycles. The van der Waals surface area contributed by atoms with Gasteiger partial charge in [0.2, 0.25) is 0 Å². The number of aliphatic imine (C=N–C) groups is 1. The maximum absolute atomic E-state index is 14.1. The number of hydrogen-bond donors (Lipinski definition) is 0. The van der Waals surface area contributed by atoms with Gasteiger partial charge in [0.05, 0.1) is 12.3 Å². The van der Waals surface area contributed by atoms with E-state index >= 15 is 0 Å². The van der Waals surface area contributed by atoms with Crippen LogP contribution in [-0.2, 0) is 28.1 Å². The maximum atomic E-state index is 14.1. The predicted octanol–water partition coefficient (Wildman–Crippen LogP) is 4.62. The molecule has 2 aromatic rings. The second-order valence-electron chi connectivity index (χ2n) is 8.27. The Hall–Kier alpha value is -2.23. The summed E-state index contributed by atoms with van der Waals surface area (Å²) in [7, 11) is 0. The zero-order valence-corrected chi connectivity index (χ0v) is 19.3. The van der Waals surface area contributed by atoms with Gasteiger partial charge >= 0.3 is 0 Å². The second kappa shape index (κ2) is 9.72. The minimum absolute atomic E-state index is 0.114. The third-order valence-electron chi connectivity index (χ3n) is 6.17. The lowest BCUT2D eigenvalue weighted by molar-refractivity contribution is -0.106. The minimum atomic E-state index is -0.330. The zero-order valence-electron chi connectivity index (χ0n) is 18.4. The van der Waals surface area contributed by atoms with Gasteiger partial charge in [-0.2, -0.15) is 9.49 Å². The Morgan fingerprint density at radius 2 is 2.03 bits per heavy atom. The van der Waals surface area contributed by atoms with Gasteiger partial charge in [0.25, 0.3) is 0 Å². The van der Waals surface area contributed by atoms with Gasteiger partial charge in [-0.15, -0.1) is 11.3 Å². The number of rotatable bonds is 3. The molecule has 0 atom stereocenters. The molecule has 32 heavy (non-hydrogen) atoms. The van der Waals surface area contributed by atoms with Crippen LogP contribution in [-0.4, -0.2) is 46.9 Å². The Balaban J connectivity index is 0.000000775. The average molecular weight is 463 g/mol. The summed E-state index contributed by atoms with van der Waals surface area (Å²) in [5, 5.41) is 4.37. The van der Waals surface area contributed by atoms with E-state index in [1.807, 2.05) is 13.1 Å². The molecular formula is C23H28F2N4O2S. The Morgan fingerprint density at radius 1 is 1.28 bits per heavy atom. The highest BCUT2D eigenvalue weighted by atomic mass is 32.1. The normalized spacial score (nSPS) is 20.1. The number of ether oxygens (including phenoxy) is 1. The molecule has 0 N–H and O–H groups in total. The Morgan fingerprint density at radius 3 is 2.75 bits per heavy atom. The number of piperidine rings is 1. The number of halogens is 2. The fourth-order valence-corrected chi connectivity index (χ4v) is 5.68. The first-order chi connectivity index (χ1) is 15.5. The van der Waals surface area contributed by atoms with Crippen LogP contribution in [0.3, 0.4) is 0 Å². The maximum Gasteiger partial charge on any atom is 0.184 e. The molecule has 0 aliphatic carbocycles. The molecule has 1 fully saturated rings. The van der Waals surface area contributed by atoms with Gasteiger partial charge in [-0.3, -0.25) is 4.90 Å². The van der Waals surface area contributed by atoms with E-state index in [0.717, 1.165) is 66.9 Å². The van der Waals surface area contributed by atoms with Crippen molar-refractivity contribution in [3.63, 3.8) is 0 Å². The standard InChI is InChI=1S/C21H24F2N4OS.C2H4O/c1-14-16(13-27(25-14)20-17(22)3-2-7-24-20)12-26-8-5-21(6-9-26)19-15(4-10-28-21)11-18(23)29-19;1-2-3/h7,11,13H,2-6,8-10,12H2,1H3;2H,1H3. The molecule has 5 heterocycles. The number of likely N-dealkylation sites (tertiary alicyclic amines) is 1. The summed E-state index contributed by atoms with van der Waals surface area (Å²) in [5.41, 5.74) is 2.76. The minimum Gasteiger partial charge on any atom is -0.369 e. The predicted molar refractivity (Wildman–Crippen MR) is 121 cm³/mol. The van der Waals surface area contributed by atoms with E-state index in [0.29, 0.717) is 25.3 Å². The van der Waals surface area contributed by atoms with E-state index in [2.05, 4.69) is 15.0 Å². The number of carbonyl (C=O) groups is 1. The largest absolute Gasteiger partial charge is 0.369 e. The lowest BCUT2D eigenvalue weighted by Crippen LogP contribution is -2.45. The van der Waals surface area contributed by atoms with Crippen LogP contribution in [0.5, 0.6) is 0 Å². The summed E-state index contributed by atoms with van der Waals surface area (Å²) in [6.45, 7) is 6.56. The van der Waals surface area contributed by atoms with Crippen LogP contribution >= 0.6 is 11.3 Å². The Labute approximate surface area is 190 Å². The van der Waals surface area contributed by atoms with Crippen molar-refractivity contribution in [2.75, 3.05) is 19.7 Å². The van der Waals surface area contributed by atoms with Gasteiger partial charge in [-0.05, 0) is 51.2 Å². The van der Waals surface area contributed by atoms with E-state index in [-0.39, 0.29) is 16.6 Å². The van der Waals surface area contributed by atoms with Gasteiger partial charge in [0.15, 0.2) is 11.0 Å². The smallest absolute Gasteiger partial charge is 0.184 e. The summed E-state index contributed by atoms with van der Waals surface area (Å²) in [4.78, 5) is 16.4. The topological polar surface area (TPSA) is 59.7 Å². The Kier molecular flexibility index (Phi) is 6.97. The van der Waals surface area contributed by atoms with E-state index in [1.165, 1.54) is 18.3 Å². The van der Waals surface area contributed by atoms with E-state index in [9.17, 15) is 8.78 Å². The molecule has 9 heteroatoms. The van der Waals surface area contributed by atoms with E-state index in [4.69, 9.17) is 9.53 Å². The molecule has 1 spiro atoms. The van der Waals surface area contributed by atoms with Crippen LogP contribution in [0.4, 0.5) is 8.78 Å². The summed E-state index contributed by atoms with van der Waals surface area (Å²) >= 11 is 1.25. The van der Waals surface area contributed by atoms with Crippen LogP contribution in [0.1, 0.15) is 54.3 Å². The number of thiophene rings is 1. The molecule has 3 aliphatic heterocycles. The number of aldehydes is 1. The lowest BCUT2D eigenvalue weighted by atomic mass is 9.85. The monoisotopic (exact) mass is 462 g/mol. The van der Waals surface area contributed by atoms with Crippen molar-refractivity contribution in [3.8, 4) is 0 Å². The van der Waals surface area contributed by atoms with Crippen LogP contribution in [0.15, 0.2) is 23.1 Å². The number of nitrogens with zero attached hydrogens (tertiary/aromatic N) is 4. The van der Waals surface area contributed by atoms with Crippen molar-refractivity contribution in [1.82, 2.24) is 14.7 Å². The SMILES string of the molecule is CC=O.Cc1nn(C2=C(F)CCC=N2)cc1CN1CCC2(CC1)OCCc1cc(F)sc12. The van der Waals surface area contributed by atoms with Crippen LogP contribution in [0.2, 0.25) is 0 Å². The van der Waals surface area contributed by atoms with Crippen LogP contribution < -0.4 is 0 Å². The summed E-state index contributed by atoms with van der Waals surface area (Å²) in [6, 6.07) is 1.68. The molecule has 0 saturated carbocycles. The van der Waals surface area contributed by atoms with Crippen LogP contribution in [0, 0.1) is 12.1 Å².